The van der Waals surface area contributed by atoms with Gasteiger partial charge < -0.3 is 10.1 Å². The highest BCUT2D eigenvalue weighted by Gasteiger charge is 2.31. The molecular weight excluding hydrogens is 526 g/mol. The Kier molecular flexibility index (Phi) is 8.39. The highest BCUT2D eigenvalue weighted by molar-refractivity contribution is 7.92. The molecule has 0 unspecified atom stereocenters. The number of carbonyl (C=O) groups excluding carboxylic acids is 1. The Bertz CT molecular complexity index is 1500. The first-order chi connectivity index (χ1) is 18.1. The van der Waals surface area contributed by atoms with Crippen molar-refractivity contribution in [2.45, 2.75) is 36.0 Å². The van der Waals surface area contributed by atoms with Crippen molar-refractivity contribution in [2.24, 2.45) is 0 Å². The number of para-hydroxylation sites is 1. The molecule has 202 valence electrons. The summed E-state index contributed by atoms with van der Waals surface area (Å²) in [5, 5.41) is 2.67. The van der Waals surface area contributed by atoms with Crippen LogP contribution in [0, 0.1) is 6.92 Å². The van der Waals surface area contributed by atoms with Gasteiger partial charge in [-0.15, -0.1) is 0 Å². The number of aryl methyl sites for hydroxylation is 1. The lowest BCUT2D eigenvalue weighted by atomic mass is 10.2. The summed E-state index contributed by atoms with van der Waals surface area (Å²) in [5.74, 6) is -0.457. The van der Waals surface area contributed by atoms with E-state index in [-0.39, 0.29) is 21.2 Å². The van der Waals surface area contributed by atoms with E-state index in [1.54, 1.807) is 49.4 Å². The average Bonchev–Trinajstić information content (AvgIpc) is 2.93. The predicted octanol–water partition coefficient (Wildman–Crippen LogP) is 4.01. The standard InChI is InChI=1S/C27H31N3O6S2/c1-21-11-7-8-14-24(21)30(37(32,33)23-12-5-3-6-13-23)20-27(31)28-22-15-16-25(36-2)26(19-22)38(34,35)29-17-9-4-10-18-29/h3,5-8,11-16,19H,4,9-10,17-18,20H2,1-2H3,(H,28,31). The van der Waals surface area contributed by atoms with Crippen molar-refractivity contribution in [3.63, 3.8) is 0 Å². The highest BCUT2D eigenvalue weighted by atomic mass is 32.2. The summed E-state index contributed by atoms with van der Waals surface area (Å²) in [5.41, 5.74) is 1.27. The molecule has 0 aromatic heterocycles. The second-order valence-electron chi connectivity index (χ2n) is 8.99. The Morgan fingerprint density at radius 2 is 1.58 bits per heavy atom. The van der Waals surface area contributed by atoms with Crippen LogP contribution in [-0.2, 0) is 24.8 Å². The third kappa shape index (κ3) is 5.85. The SMILES string of the molecule is COc1ccc(NC(=O)CN(c2ccccc2C)S(=O)(=O)c2ccccc2)cc1S(=O)(=O)N1CCCCC1. The van der Waals surface area contributed by atoms with Gasteiger partial charge in [-0.3, -0.25) is 9.10 Å². The topological polar surface area (TPSA) is 113 Å². The molecule has 1 fully saturated rings. The van der Waals surface area contributed by atoms with E-state index in [1.807, 2.05) is 0 Å². The van der Waals surface area contributed by atoms with E-state index in [0.29, 0.717) is 24.3 Å². The zero-order chi connectivity index (χ0) is 27.3. The van der Waals surface area contributed by atoms with Gasteiger partial charge in [0.1, 0.15) is 17.2 Å². The van der Waals surface area contributed by atoms with E-state index in [1.165, 1.54) is 41.7 Å². The molecule has 3 aromatic carbocycles. The molecule has 1 amide bonds. The average molecular weight is 558 g/mol. The van der Waals surface area contributed by atoms with E-state index in [4.69, 9.17) is 4.74 Å². The lowest BCUT2D eigenvalue weighted by molar-refractivity contribution is -0.114. The maximum atomic E-state index is 13.6. The van der Waals surface area contributed by atoms with Crippen molar-refractivity contribution in [3.8, 4) is 5.75 Å². The maximum absolute atomic E-state index is 13.6. The fourth-order valence-electron chi connectivity index (χ4n) is 4.39. The highest BCUT2D eigenvalue weighted by Crippen LogP contribution is 2.32. The molecule has 0 atom stereocenters. The van der Waals surface area contributed by atoms with Crippen molar-refractivity contribution in [1.29, 1.82) is 0 Å². The summed E-state index contributed by atoms with van der Waals surface area (Å²) in [4.78, 5) is 13.2. The minimum atomic E-state index is -4.07. The van der Waals surface area contributed by atoms with Crippen LogP contribution in [0.2, 0.25) is 0 Å². The number of methoxy groups -OCH3 is 1. The number of hydrogen-bond donors (Lipinski definition) is 1. The molecule has 1 heterocycles. The molecule has 4 rings (SSSR count). The molecule has 1 saturated heterocycles. The molecule has 1 aliphatic heterocycles. The Morgan fingerprint density at radius 1 is 0.921 bits per heavy atom. The number of sulfonamides is 2. The molecule has 0 aliphatic carbocycles. The quantitative estimate of drug-likeness (QED) is 0.425. The van der Waals surface area contributed by atoms with Gasteiger partial charge in [0.2, 0.25) is 15.9 Å². The van der Waals surface area contributed by atoms with Crippen LogP contribution in [0.1, 0.15) is 24.8 Å². The summed E-state index contributed by atoms with van der Waals surface area (Å²) >= 11 is 0. The molecule has 9 nitrogen and oxygen atoms in total. The third-order valence-electron chi connectivity index (χ3n) is 6.38. The second-order valence-corrected chi connectivity index (χ2v) is 12.8. The summed E-state index contributed by atoms with van der Waals surface area (Å²) in [7, 11) is -6.53. The fraction of sp³-hybridized carbons (Fsp3) is 0.296. The van der Waals surface area contributed by atoms with Crippen LogP contribution in [0.25, 0.3) is 0 Å². The normalized spacial score (nSPS) is 14.6. The first-order valence-corrected chi connectivity index (χ1v) is 15.1. The smallest absolute Gasteiger partial charge is 0.264 e. The number of ether oxygens (including phenoxy) is 1. The number of amides is 1. The summed E-state index contributed by atoms with van der Waals surface area (Å²) < 4.78 is 61.6. The molecule has 11 heteroatoms. The Labute approximate surface area is 224 Å². The van der Waals surface area contributed by atoms with Gasteiger partial charge in [-0.05, 0) is 61.7 Å². The van der Waals surface area contributed by atoms with Crippen LogP contribution < -0.4 is 14.4 Å². The molecule has 1 aliphatic rings. The van der Waals surface area contributed by atoms with Crippen LogP contribution >= 0.6 is 0 Å². The van der Waals surface area contributed by atoms with Crippen molar-refractivity contribution >= 4 is 37.3 Å². The van der Waals surface area contributed by atoms with Gasteiger partial charge >= 0.3 is 0 Å². The van der Waals surface area contributed by atoms with Gasteiger partial charge in [0.15, 0.2) is 0 Å². The predicted molar refractivity (Wildman–Crippen MR) is 146 cm³/mol. The second kappa shape index (κ2) is 11.5. The van der Waals surface area contributed by atoms with E-state index >= 15 is 0 Å². The minimum Gasteiger partial charge on any atom is -0.495 e. The maximum Gasteiger partial charge on any atom is 0.264 e. The largest absolute Gasteiger partial charge is 0.495 e. The summed E-state index contributed by atoms with van der Waals surface area (Å²) in [6, 6.07) is 19.1. The number of hydrogen-bond acceptors (Lipinski definition) is 6. The molecule has 0 bridgehead atoms. The van der Waals surface area contributed by atoms with Crippen molar-refractivity contribution in [3.05, 3.63) is 78.4 Å². The van der Waals surface area contributed by atoms with Gasteiger partial charge in [0.05, 0.1) is 17.7 Å². The van der Waals surface area contributed by atoms with Crippen molar-refractivity contribution in [1.82, 2.24) is 4.31 Å². The van der Waals surface area contributed by atoms with Gasteiger partial charge in [-0.25, -0.2) is 16.8 Å². The molecule has 0 radical (unpaired) electrons. The lowest BCUT2D eigenvalue weighted by Crippen LogP contribution is -2.38. The van der Waals surface area contributed by atoms with Gasteiger partial charge in [0, 0.05) is 18.8 Å². The first-order valence-electron chi connectivity index (χ1n) is 12.3. The van der Waals surface area contributed by atoms with Crippen LogP contribution in [0.15, 0.2) is 82.6 Å². The summed E-state index contributed by atoms with van der Waals surface area (Å²) in [6.45, 7) is 2.10. The van der Waals surface area contributed by atoms with Crippen molar-refractivity contribution in [2.75, 3.05) is 36.4 Å². The Hall–Kier alpha value is -3.41. The fourth-order valence-corrected chi connectivity index (χ4v) is 7.60. The zero-order valence-corrected chi connectivity index (χ0v) is 23.0. The number of nitrogens with one attached hydrogen (secondary N) is 1. The molecule has 0 spiro atoms. The molecular formula is C27H31N3O6S2. The monoisotopic (exact) mass is 557 g/mol. The summed E-state index contributed by atoms with van der Waals surface area (Å²) in [6.07, 6.45) is 2.54. The Balaban J connectivity index is 1.64. The molecule has 38 heavy (non-hydrogen) atoms. The van der Waals surface area contributed by atoms with Crippen LogP contribution in [0.4, 0.5) is 11.4 Å². The number of carbonyl (C=O) groups is 1. The number of nitrogens with zero attached hydrogens (tertiary/aromatic N) is 2. The number of benzene rings is 3. The molecule has 3 aromatic rings. The van der Waals surface area contributed by atoms with Crippen molar-refractivity contribution < 1.29 is 26.4 Å². The van der Waals surface area contributed by atoms with Crippen LogP contribution in [-0.4, -0.2) is 53.8 Å². The van der Waals surface area contributed by atoms with Crippen LogP contribution in [0.3, 0.4) is 0 Å². The van der Waals surface area contributed by atoms with Gasteiger partial charge in [-0.2, -0.15) is 4.31 Å². The van der Waals surface area contributed by atoms with E-state index < -0.39 is 32.5 Å². The van der Waals surface area contributed by atoms with E-state index in [9.17, 15) is 21.6 Å². The molecule has 0 saturated carbocycles. The van der Waals surface area contributed by atoms with Crippen LogP contribution in [0.5, 0.6) is 5.75 Å². The van der Waals surface area contributed by atoms with E-state index in [0.717, 1.165) is 23.6 Å². The Morgan fingerprint density at radius 3 is 2.24 bits per heavy atom. The van der Waals surface area contributed by atoms with Gasteiger partial charge in [0.25, 0.3) is 10.0 Å². The molecule has 1 N–H and O–H groups in total. The number of anilines is 2. The number of piperidine rings is 1. The third-order valence-corrected chi connectivity index (χ3v) is 10.1. The minimum absolute atomic E-state index is 0.0487. The lowest BCUT2D eigenvalue weighted by Gasteiger charge is -2.27. The van der Waals surface area contributed by atoms with E-state index in [2.05, 4.69) is 5.32 Å². The first kappa shape index (κ1) is 27.6. The van der Waals surface area contributed by atoms with Gasteiger partial charge in [-0.1, -0.05) is 42.8 Å². The zero-order valence-electron chi connectivity index (χ0n) is 21.3. The number of rotatable bonds is 9.